The number of carboxylic acid groups (broad SMARTS) is 1. The van der Waals surface area contributed by atoms with Gasteiger partial charge in [0, 0.05) is 0 Å². The van der Waals surface area contributed by atoms with Crippen LogP contribution in [0.2, 0.25) is 0 Å². The highest BCUT2D eigenvalue weighted by molar-refractivity contribution is 7.81. The zero-order valence-corrected chi connectivity index (χ0v) is 5.27. The zero-order chi connectivity index (χ0) is 6.57. The summed E-state index contributed by atoms with van der Waals surface area (Å²) in [5.41, 5.74) is 5.06. The number of nitrogens with two attached hydrogens (primary N) is 1. The lowest BCUT2D eigenvalue weighted by atomic mass is 10.3. The van der Waals surface area contributed by atoms with E-state index in [2.05, 4.69) is 12.6 Å². The SMILES string of the molecule is NCCC(S)C(=O)O. The molecule has 4 heteroatoms. The lowest BCUT2D eigenvalue weighted by molar-refractivity contribution is -0.136. The molecule has 0 aromatic rings. The van der Waals surface area contributed by atoms with E-state index in [0.717, 1.165) is 0 Å². The topological polar surface area (TPSA) is 63.3 Å². The molecule has 0 spiro atoms. The van der Waals surface area contributed by atoms with Crippen LogP contribution in [-0.4, -0.2) is 22.9 Å². The van der Waals surface area contributed by atoms with Crippen molar-refractivity contribution in [3.05, 3.63) is 0 Å². The predicted octanol–water partition coefficient (Wildman–Crippen LogP) is -0.282. The minimum absolute atomic E-state index is 0.375. The standard InChI is InChI=1S/C4H9NO2S/c5-2-1-3(8)4(6)7/h3,8H,1-2,5H2,(H,6,7). The summed E-state index contributed by atoms with van der Waals surface area (Å²) in [6.45, 7) is 0.375. The van der Waals surface area contributed by atoms with Crippen molar-refractivity contribution < 1.29 is 9.90 Å². The van der Waals surface area contributed by atoms with Gasteiger partial charge in [-0.2, -0.15) is 12.6 Å². The number of hydrogen-bond acceptors (Lipinski definition) is 3. The molecular weight excluding hydrogens is 126 g/mol. The molecule has 0 aromatic carbocycles. The number of rotatable bonds is 3. The maximum Gasteiger partial charge on any atom is 0.316 e. The molecule has 3 N–H and O–H groups in total. The molecule has 0 radical (unpaired) electrons. The molecule has 3 nitrogen and oxygen atoms in total. The summed E-state index contributed by atoms with van der Waals surface area (Å²) < 4.78 is 0. The van der Waals surface area contributed by atoms with Gasteiger partial charge in [-0.25, -0.2) is 0 Å². The van der Waals surface area contributed by atoms with E-state index in [9.17, 15) is 4.79 Å². The minimum atomic E-state index is -0.904. The average molecular weight is 135 g/mol. The Morgan fingerprint density at radius 1 is 1.88 bits per heavy atom. The molecule has 0 amide bonds. The van der Waals surface area contributed by atoms with Crippen LogP contribution >= 0.6 is 12.6 Å². The molecule has 0 bridgehead atoms. The number of thiol groups is 1. The average Bonchev–Trinajstić information content (AvgIpc) is 1.67. The molecule has 0 aliphatic heterocycles. The van der Waals surface area contributed by atoms with Crippen LogP contribution in [-0.2, 0) is 4.79 Å². The molecule has 0 saturated heterocycles. The molecule has 0 heterocycles. The van der Waals surface area contributed by atoms with Gasteiger partial charge in [-0.15, -0.1) is 0 Å². The van der Waals surface area contributed by atoms with Crippen molar-refractivity contribution in [2.24, 2.45) is 5.73 Å². The van der Waals surface area contributed by atoms with Crippen LogP contribution in [0.15, 0.2) is 0 Å². The second kappa shape index (κ2) is 3.74. The van der Waals surface area contributed by atoms with Gasteiger partial charge in [0.05, 0.1) is 0 Å². The second-order valence-corrected chi connectivity index (χ2v) is 2.05. The van der Waals surface area contributed by atoms with E-state index < -0.39 is 11.2 Å². The Kier molecular flexibility index (Phi) is 3.64. The van der Waals surface area contributed by atoms with Crippen LogP contribution in [0.3, 0.4) is 0 Å². The molecule has 0 aliphatic rings. The Morgan fingerprint density at radius 2 is 2.38 bits per heavy atom. The molecule has 1 unspecified atom stereocenters. The van der Waals surface area contributed by atoms with Gasteiger partial charge in [-0.05, 0) is 13.0 Å². The normalized spacial score (nSPS) is 13.2. The van der Waals surface area contributed by atoms with Crippen LogP contribution < -0.4 is 5.73 Å². The minimum Gasteiger partial charge on any atom is -0.480 e. The van der Waals surface area contributed by atoms with Crippen LogP contribution in [0, 0.1) is 0 Å². The van der Waals surface area contributed by atoms with Crippen molar-refractivity contribution in [2.45, 2.75) is 11.7 Å². The second-order valence-electron chi connectivity index (χ2n) is 1.43. The summed E-state index contributed by atoms with van der Waals surface area (Å²) in [6, 6.07) is 0. The Bertz CT molecular complexity index is 86.1. The molecule has 0 saturated carbocycles. The molecule has 0 rings (SSSR count). The third kappa shape index (κ3) is 2.87. The summed E-state index contributed by atoms with van der Waals surface area (Å²) >= 11 is 3.73. The summed E-state index contributed by atoms with van der Waals surface area (Å²) in [6.07, 6.45) is 0.429. The van der Waals surface area contributed by atoms with Crippen LogP contribution in [0.5, 0.6) is 0 Å². The van der Waals surface area contributed by atoms with Crippen molar-refractivity contribution >= 4 is 18.6 Å². The first-order valence-electron chi connectivity index (χ1n) is 2.29. The lowest BCUT2D eigenvalue weighted by Gasteiger charge is -1.99. The number of aliphatic carboxylic acids is 1. The molecule has 48 valence electrons. The summed E-state index contributed by atoms with van der Waals surface area (Å²) in [4.78, 5) is 9.96. The van der Waals surface area contributed by atoms with Crippen molar-refractivity contribution in [1.82, 2.24) is 0 Å². The molecule has 1 atom stereocenters. The van der Waals surface area contributed by atoms with Crippen molar-refractivity contribution in [2.75, 3.05) is 6.54 Å². The van der Waals surface area contributed by atoms with E-state index in [-0.39, 0.29) is 0 Å². The zero-order valence-electron chi connectivity index (χ0n) is 4.37. The molecule has 0 aromatic heterocycles. The molecule has 0 fully saturated rings. The van der Waals surface area contributed by atoms with Crippen molar-refractivity contribution in [3.8, 4) is 0 Å². The number of carboxylic acids is 1. The molecule has 0 aliphatic carbocycles. The van der Waals surface area contributed by atoms with Crippen LogP contribution in [0.4, 0.5) is 0 Å². The van der Waals surface area contributed by atoms with Gasteiger partial charge in [0.15, 0.2) is 0 Å². The maximum absolute atomic E-state index is 9.96. The number of hydrogen-bond donors (Lipinski definition) is 3. The monoisotopic (exact) mass is 135 g/mol. The Hall–Kier alpha value is -0.220. The third-order valence-electron chi connectivity index (χ3n) is 0.725. The van der Waals surface area contributed by atoms with Gasteiger partial charge >= 0.3 is 5.97 Å². The van der Waals surface area contributed by atoms with Crippen molar-refractivity contribution in [3.63, 3.8) is 0 Å². The van der Waals surface area contributed by atoms with Gasteiger partial charge in [0.25, 0.3) is 0 Å². The summed E-state index contributed by atoms with van der Waals surface area (Å²) in [5, 5.41) is 7.58. The fourth-order valence-electron chi connectivity index (χ4n) is 0.281. The van der Waals surface area contributed by atoms with Crippen LogP contribution in [0.1, 0.15) is 6.42 Å². The largest absolute Gasteiger partial charge is 0.480 e. The molecule has 8 heavy (non-hydrogen) atoms. The first-order valence-corrected chi connectivity index (χ1v) is 2.81. The summed E-state index contributed by atoms with van der Waals surface area (Å²) in [5.74, 6) is -0.904. The fourth-order valence-corrected chi connectivity index (χ4v) is 0.430. The fraction of sp³-hybridized carbons (Fsp3) is 0.750. The van der Waals surface area contributed by atoms with Gasteiger partial charge in [-0.3, -0.25) is 4.79 Å². The Labute approximate surface area is 53.3 Å². The van der Waals surface area contributed by atoms with Gasteiger partial charge in [0.1, 0.15) is 5.25 Å². The third-order valence-corrected chi connectivity index (χ3v) is 1.20. The van der Waals surface area contributed by atoms with E-state index in [0.29, 0.717) is 13.0 Å². The van der Waals surface area contributed by atoms with E-state index in [1.807, 2.05) is 0 Å². The predicted molar refractivity (Wildman–Crippen MR) is 34.1 cm³/mol. The smallest absolute Gasteiger partial charge is 0.316 e. The summed E-state index contributed by atoms with van der Waals surface area (Å²) in [7, 11) is 0. The van der Waals surface area contributed by atoms with Gasteiger partial charge in [0.2, 0.25) is 0 Å². The van der Waals surface area contributed by atoms with Gasteiger partial charge in [-0.1, -0.05) is 0 Å². The first kappa shape index (κ1) is 7.78. The highest BCUT2D eigenvalue weighted by Crippen LogP contribution is 1.97. The van der Waals surface area contributed by atoms with Crippen LogP contribution in [0.25, 0.3) is 0 Å². The highest BCUT2D eigenvalue weighted by atomic mass is 32.1. The van der Waals surface area contributed by atoms with E-state index in [1.54, 1.807) is 0 Å². The van der Waals surface area contributed by atoms with E-state index in [4.69, 9.17) is 10.8 Å². The quantitative estimate of drug-likeness (QED) is 0.466. The lowest BCUT2D eigenvalue weighted by Crippen LogP contribution is -2.17. The first-order chi connectivity index (χ1) is 3.68. The number of carbonyl (C=O) groups is 1. The van der Waals surface area contributed by atoms with Gasteiger partial charge < -0.3 is 10.8 Å². The molecular formula is C4H9NO2S. The maximum atomic E-state index is 9.96. The Balaban J connectivity index is 3.32. The highest BCUT2D eigenvalue weighted by Gasteiger charge is 2.08. The van der Waals surface area contributed by atoms with E-state index >= 15 is 0 Å². The van der Waals surface area contributed by atoms with E-state index in [1.165, 1.54) is 0 Å². The Morgan fingerprint density at radius 3 is 2.50 bits per heavy atom. The van der Waals surface area contributed by atoms with Crippen molar-refractivity contribution in [1.29, 1.82) is 0 Å².